The van der Waals surface area contributed by atoms with Crippen LogP contribution < -0.4 is 10.6 Å². The van der Waals surface area contributed by atoms with Gasteiger partial charge in [0.05, 0.1) is 0 Å². The molecule has 2 aromatic rings. The number of nitrogens with one attached hydrogen (secondary N) is 2. The second-order valence-electron chi connectivity index (χ2n) is 6.96. The van der Waals surface area contributed by atoms with Crippen molar-refractivity contribution in [2.24, 2.45) is 5.92 Å². The molecular weight excluding hydrogens is 366 g/mol. The molecule has 1 aromatic carbocycles. The SMILES string of the molecule is CC(C)Cc1nnc(NC(=O)CN2C(=O)NC(C)(c3ccccc3)C2=O)s1. The molecule has 9 heteroatoms. The molecule has 1 aliphatic rings. The lowest BCUT2D eigenvalue weighted by molar-refractivity contribution is -0.133. The molecule has 2 N–H and O–H groups in total. The number of hydrogen-bond donors (Lipinski definition) is 2. The molecule has 3 rings (SSSR count). The molecule has 1 fully saturated rings. The van der Waals surface area contributed by atoms with E-state index in [1.54, 1.807) is 31.2 Å². The topological polar surface area (TPSA) is 104 Å². The van der Waals surface area contributed by atoms with Crippen LogP contribution in [0.25, 0.3) is 0 Å². The predicted molar refractivity (Wildman–Crippen MR) is 101 cm³/mol. The van der Waals surface area contributed by atoms with Gasteiger partial charge >= 0.3 is 6.03 Å². The Labute approximate surface area is 161 Å². The maximum absolute atomic E-state index is 12.8. The minimum absolute atomic E-state index is 0.355. The average Bonchev–Trinajstić information content (AvgIpc) is 3.13. The van der Waals surface area contributed by atoms with Gasteiger partial charge in [0.2, 0.25) is 11.0 Å². The molecule has 0 aliphatic carbocycles. The van der Waals surface area contributed by atoms with Crippen LogP contribution in [0, 0.1) is 5.92 Å². The van der Waals surface area contributed by atoms with Crippen LogP contribution in [-0.4, -0.2) is 39.5 Å². The van der Waals surface area contributed by atoms with Gasteiger partial charge in [0, 0.05) is 6.42 Å². The molecule has 0 spiro atoms. The summed E-state index contributed by atoms with van der Waals surface area (Å²) in [6, 6.07) is 8.34. The highest BCUT2D eigenvalue weighted by Crippen LogP contribution is 2.28. The smallest absolute Gasteiger partial charge is 0.319 e. The number of amides is 4. The van der Waals surface area contributed by atoms with Crippen molar-refractivity contribution < 1.29 is 14.4 Å². The Kier molecular flexibility index (Phi) is 5.22. The number of anilines is 1. The Morgan fingerprint density at radius 2 is 1.96 bits per heavy atom. The van der Waals surface area contributed by atoms with Crippen molar-refractivity contribution in [3.63, 3.8) is 0 Å². The maximum Gasteiger partial charge on any atom is 0.325 e. The molecule has 1 aromatic heterocycles. The van der Waals surface area contributed by atoms with E-state index in [4.69, 9.17) is 0 Å². The molecule has 0 saturated carbocycles. The van der Waals surface area contributed by atoms with Crippen LogP contribution in [0.3, 0.4) is 0 Å². The van der Waals surface area contributed by atoms with Crippen LogP contribution in [0.15, 0.2) is 30.3 Å². The summed E-state index contributed by atoms with van der Waals surface area (Å²) in [7, 11) is 0. The number of rotatable bonds is 6. The summed E-state index contributed by atoms with van der Waals surface area (Å²) in [6.45, 7) is 5.39. The summed E-state index contributed by atoms with van der Waals surface area (Å²) < 4.78 is 0. The van der Waals surface area contributed by atoms with Crippen molar-refractivity contribution in [2.45, 2.75) is 32.7 Å². The van der Waals surface area contributed by atoms with E-state index in [0.717, 1.165) is 16.3 Å². The minimum atomic E-state index is -1.19. The lowest BCUT2D eigenvalue weighted by Crippen LogP contribution is -2.42. The van der Waals surface area contributed by atoms with Crippen molar-refractivity contribution in [1.82, 2.24) is 20.4 Å². The normalized spacial score (nSPS) is 19.5. The number of carbonyl (C=O) groups is 3. The lowest BCUT2D eigenvalue weighted by Gasteiger charge is -2.21. The van der Waals surface area contributed by atoms with E-state index in [-0.39, 0.29) is 6.54 Å². The van der Waals surface area contributed by atoms with Gasteiger partial charge in [-0.2, -0.15) is 0 Å². The Hall–Kier alpha value is -2.81. The lowest BCUT2D eigenvalue weighted by atomic mass is 9.92. The molecule has 142 valence electrons. The third-order valence-corrected chi connectivity index (χ3v) is 5.08. The molecule has 0 bridgehead atoms. The van der Waals surface area contributed by atoms with Crippen molar-refractivity contribution in [2.75, 3.05) is 11.9 Å². The van der Waals surface area contributed by atoms with Crippen molar-refractivity contribution in [3.05, 3.63) is 40.9 Å². The molecule has 27 heavy (non-hydrogen) atoms. The average molecular weight is 387 g/mol. The van der Waals surface area contributed by atoms with Crippen LogP contribution in [0.4, 0.5) is 9.93 Å². The van der Waals surface area contributed by atoms with Gasteiger partial charge in [-0.3, -0.25) is 19.8 Å². The summed E-state index contributed by atoms with van der Waals surface area (Å²) in [5.74, 6) is -0.530. The number of imide groups is 1. The van der Waals surface area contributed by atoms with Gasteiger partial charge in [-0.05, 0) is 18.4 Å². The zero-order chi connectivity index (χ0) is 19.6. The molecule has 1 aliphatic heterocycles. The van der Waals surface area contributed by atoms with Gasteiger partial charge in [0.15, 0.2) is 0 Å². The summed E-state index contributed by atoms with van der Waals surface area (Å²) >= 11 is 1.29. The zero-order valence-electron chi connectivity index (χ0n) is 15.4. The predicted octanol–water partition coefficient (Wildman–Crippen LogP) is 2.14. The summed E-state index contributed by atoms with van der Waals surface area (Å²) in [5.41, 5.74) is -0.528. The van der Waals surface area contributed by atoms with E-state index in [2.05, 4.69) is 34.7 Å². The molecule has 1 saturated heterocycles. The minimum Gasteiger partial charge on any atom is -0.319 e. The van der Waals surface area contributed by atoms with Crippen LogP contribution in [0.1, 0.15) is 31.3 Å². The van der Waals surface area contributed by atoms with Crippen molar-refractivity contribution >= 4 is 34.3 Å². The molecule has 2 heterocycles. The van der Waals surface area contributed by atoms with E-state index in [9.17, 15) is 14.4 Å². The van der Waals surface area contributed by atoms with Crippen LogP contribution in [0.2, 0.25) is 0 Å². The quantitative estimate of drug-likeness (QED) is 0.739. The first kappa shape index (κ1) is 19.0. The number of nitrogens with zero attached hydrogens (tertiary/aromatic N) is 3. The van der Waals surface area contributed by atoms with E-state index in [0.29, 0.717) is 16.6 Å². The van der Waals surface area contributed by atoms with E-state index in [1.807, 2.05) is 6.07 Å². The highest BCUT2D eigenvalue weighted by Gasteiger charge is 2.49. The highest BCUT2D eigenvalue weighted by atomic mass is 32.1. The van der Waals surface area contributed by atoms with Crippen LogP contribution in [-0.2, 0) is 21.5 Å². The van der Waals surface area contributed by atoms with Gasteiger partial charge in [-0.15, -0.1) is 10.2 Å². The summed E-state index contributed by atoms with van der Waals surface area (Å²) in [6.07, 6.45) is 0.774. The highest BCUT2D eigenvalue weighted by molar-refractivity contribution is 7.15. The molecule has 8 nitrogen and oxygen atoms in total. The largest absolute Gasteiger partial charge is 0.325 e. The summed E-state index contributed by atoms with van der Waals surface area (Å²) in [4.78, 5) is 38.3. The first-order chi connectivity index (χ1) is 12.8. The van der Waals surface area contributed by atoms with Gasteiger partial charge in [0.1, 0.15) is 17.1 Å². The maximum atomic E-state index is 12.8. The zero-order valence-corrected chi connectivity index (χ0v) is 16.2. The second-order valence-corrected chi connectivity index (χ2v) is 8.02. The van der Waals surface area contributed by atoms with Crippen LogP contribution >= 0.6 is 11.3 Å². The first-order valence-electron chi connectivity index (χ1n) is 8.61. The molecule has 1 unspecified atom stereocenters. The standard InChI is InChI=1S/C18H21N5O3S/c1-11(2)9-14-21-22-16(27-14)19-13(24)10-23-15(25)18(3,20-17(23)26)12-7-5-4-6-8-12/h4-8,11H,9-10H2,1-3H3,(H,20,26)(H,19,22,24). The Balaban J connectivity index is 1.67. The van der Waals surface area contributed by atoms with Crippen molar-refractivity contribution in [1.29, 1.82) is 0 Å². The Morgan fingerprint density at radius 3 is 2.63 bits per heavy atom. The Morgan fingerprint density at radius 1 is 1.26 bits per heavy atom. The van der Waals surface area contributed by atoms with Gasteiger partial charge in [-0.1, -0.05) is 55.5 Å². The molecule has 0 radical (unpaired) electrons. The molecule has 1 atom stereocenters. The van der Waals surface area contributed by atoms with Crippen LogP contribution in [0.5, 0.6) is 0 Å². The fourth-order valence-corrected chi connectivity index (χ4v) is 3.81. The first-order valence-corrected chi connectivity index (χ1v) is 9.43. The number of benzene rings is 1. The number of carbonyl (C=O) groups excluding carboxylic acids is 3. The second kappa shape index (κ2) is 7.43. The third-order valence-electron chi connectivity index (χ3n) is 4.22. The molecule has 4 amide bonds. The number of urea groups is 1. The van der Waals surface area contributed by atoms with Gasteiger partial charge < -0.3 is 5.32 Å². The number of aromatic nitrogens is 2. The fourth-order valence-electron chi connectivity index (χ4n) is 2.85. The van der Waals surface area contributed by atoms with Crippen molar-refractivity contribution in [3.8, 4) is 0 Å². The molecular formula is C18H21N5O3S. The van der Waals surface area contributed by atoms with E-state index < -0.39 is 23.4 Å². The van der Waals surface area contributed by atoms with E-state index in [1.165, 1.54) is 11.3 Å². The van der Waals surface area contributed by atoms with E-state index >= 15 is 0 Å². The third kappa shape index (κ3) is 3.97. The number of hydrogen-bond acceptors (Lipinski definition) is 6. The summed E-state index contributed by atoms with van der Waals surface area (Å²) in [5, 5.41) is 14.4. The monoisotopic (exact) mass is 387 g/mol. The Bertz CT molecular complexity index is 867. The van der Waals surface area contributed by atoms with Gasteiger partial charge in [0.25, 0.3) is 5.91 Å². The fraction of sp³-hybridized carbons (Fsp3) is 0.389. The van der Waals surface area contributed by atoms with Gasteiger partial charge in [-0.25, -0.2) is 4.79 Å².